The van der Waals surface area contributed by atoms with E-state index in [0.717, 1.165) is 5.75 Å². The standard InChI is InChI=1S/C20H26N2O5S2/c1-2-26-17-7-9-18(10-8-17)27-13-11-21-20(23)16-5-3-12-22(15-16)29(24,25)19-6-4-14-28-19/h4,6-10,14,16H,2-3,5,11-13,15H2,1H3,(H,21,23). The first kappa shape index (κ1) is 21.6. The Hall–Kier alpha value is -2.10. The van der Waals surface area contributed by atoms with Gasteiger partial charge in [-0.25, -0.2) is 8.42 Å². The van der Waals surface area contributed by atoms with E-state index in [4.69, 9.17) is 9.47 Å². The second kappa shape index (κ2) is 10.1. The number of benzene rings is 1. The fourth-order valence-electron chi connectivity index (χ4n) is 3.20. The number of ether oxygens (including phenoxy) is 2. The maximum Gasteiger partial charge on any atom is 0.252 e. The van der Waals surface area contributed by atoms with Gasteiger partial charge in [-0.05, 0) is 55.5 Å². The van der Waals surface area contributed by atoms with Gasteiger partial charge in [-0.15, -0.1) is 11.3 Å². The van der Waals surface area contributed by atoms with Crippen molar-refractivity contribution < 1.29 is 22.7 Å². The van der Waals surface area contributed by atoms with E-state index in [1.165, 1.54) is 15.6 Å². The molecule has 1 atom stereocenters. The Kier molecular flexibility index (Phi) is 7.51. The Bertz CT molecular complexity index is 882. The van der Waals surface area contributed by atoms with E-state index in [-0.39, 0.29) is 18.4 Å². The molecule has 7 nitrogen and oxygen atoms in total. The van der Waals surface area contributed by atoms with E-state index < -0.39 is 10.0 Å². The van der Waals surface area contributed by atoms with Crippen molar-refractivity contribution in [1.82, 2.24) is 9.62 Å². The minimum Gasteiger partial charge on any atom is -0.494 e. The highest BCUT2D eigenvalue weighted by Crippen LogP contribution is 2.26. The second-order valence-electron chi connectivity index (χ2n) is 6.68. The Labute approximate surface area is 175 Å². The molecule has 0 saturated carbocycles. The molecule has 1 unspecified atom stereocenters. The molecule has 1 aliphatic rings. The molecule has 1 saturated heterocycles. The number of carbonyl (C=O) groups is 1. The minimum atomic E-state index is -3.52. The van der Waals surface area contributed by atoms with Crippen LogP contribution in [0.3, 0.4) is 0 Å². The second-order valence-corrected chi connectivity index (χ2v) is 9.79. The number of nitrogens with one attached hydrogen (secondary N) is 1. The molecule has 0 radical (unpaired) electrons. The highest BCUT2D eigenvalue weighted by molar-refractivity contribution is 7.91. The molecule has 1 aromatic carbocycles. The van der Waals surface area contributed by atoms with Crippen molar-refractivity contribution in [1.29, 1.82) is 0 Å². The molecule has 1 N–H and O–H groups in total. The maximum absolute atomic E-state index is 12.7. The Morgan fingerprint density at radius 3 is 2.59 bits per heavy atom. The van der Waals surface area contributed by atoms with Crippen LogP contribution in [0.2, 0.25) is 0 Å². The number of sulfonamides is 1. The summed E-state index contributed by atoms with van der Waals surface area (Å²) < 4.78 is 38.1. The summed E-state index contributed by atoms with van der Waals surface area (Å²) in [5.41, 5.74) is 0. The maximum atomic E-state index is 12.7. The lowest BCUT2D eigenvalue weighted by atomic mass is 9.99. The Morgan fingerprint density at radius 2 is 1.93 bits per heavy atom. The van der Waals surface area contributed by atoms with Gasteiger partial charge in [0, 0.05) is 13.1 Å². The van der Waals surface area contributed by atoms with Gasteiger partial charge in [0.15, 0.2) is 0 Å². The molecule has 9 heteroatoms. The SMILES string of the molecule is CCOc1ccc(OCCNC(=O)C2CCCN(S(=O)(=O)c3cccs3)C2)cc1. The van der Waals surface area contributed by atoms with Gasteiger partial charge in [0.1, 0.15) is 22.3 Å². The predicted molar refractivity (Wildman–Crippen MR) is 112 cm³/mol. The van der Waals surface area contributed by atoms with Gasteiger partial charge in [-0.1, -0.05) is 6.07 Å². The lowest BCUT2D eigenvalue weighted by Crippen LogP contribution is -2.45. The Balaban J connectivity index is 1.44. The molecule has 2 heterocycles. The molecule has 1 amide bonds. The fourth-order valence-corrected chi connectivity index (χ4v) is 5.87. The molecule has 1 aliphatic heterocycles. The number of carbonyl (C=O) groups excluding carboxylic acids is 1. The predicted octanol–water partition coefficient (Wildman–Crippen LogP) is 2.74. The monoisotopic (exact) mass is 438 g/mol. The lowest BCUT2D eigenvalue weighted by molar-refractivity contribution is -0.126. The number of hydrogen-bond acceptors (Lipinski definition) is 6. The fraction of sp³-hybridized carbons (Fsp3) is 0.450. The summed E-state index contributed by atoms with van der Waals surface area (Å²) in [5, 5.41) is 4.60. The van der Waals surface area contributed by atoms with Crippen LogP contribution < -0.4 is 14.8 Å². The van der Waals surface area contributed by atoms with Crippen LogP contribution in [-0.2, 0) is 14.8 Å². The third kappa shape index (κ3) is 5.71. The van der Waals surface area contributed by atoms with E-state index >= 15 is 0 Å². The molecule has 0 aliphatic carbocycles. The van der Waals surface area contributed by atoms with Crippen molar-refractivity contribution in [2.75, 3.05) is 32.8 Å². The van der Waals surface area contributed by atoms with E-state index in [0.29, 0.717) is 49.1 Å². The van der Waals surface area contributed by atoms with Crippen LogP contribution >= 0.6 is 11.3 Å². The van der Waals surface area contributed by atoms with Gasteiger partial charge in [0.05, 0.1) is 19.1 Å². The Morgan fingerprint density at radius 1 is 1.21 bits per heavy atom. The van der Waals surface area contributed by atoms with Crippen molar-refractivity contribution in [3.63, 3.8) is 0 Å². The first-order valence-electron chi connectivity index (χ1n) is 9.67. The molecule has 1 fully saturated rings. The lowest BCUT2D eigenvalue weighted by Gasteiger charge is -2.30. The molecule has 158 valence electrons. The number of nitrogens with zero attached hydrogens (tertiary/aromatic N) is 1. The van der Waals surface area contributed by atoms with Gasteiger partial charge >= 0.3 is 0 Å². The van der Waals surface area contributed by atoms with Gasteiger partial charge in [-0.3, -0.25) is 4.79 Å². The summed E-state index contributed by atoms with van der Waals surface area (Å²) in [7, 11) is -3.52. The molecular weight excluding hydrogens is 412 g/mol. The zero-order valence-electron chi connectivity index (χ0n) is 16.4. The average molecular weight is 439 g/mol. The number of rotatable bonds is 9. The summed E-state index contributed by atoms with van der Waals surface area (Å²) in [6, 6.07) is 10.6. The first-order valence-corrected chi connectivity index (χ1v) is 12.0. The average Bonchev–Trinajstić information content (AvgIpc) is 3.28. The van der Waals surface area contributed by atoms with Crippen molar-refractivity contribution in [2.45, 2.75) is 24.0 Å². The van der Waals surface area contributed by atoms with E-state index in [2.05, 4.69) is 5.32 Å². The third-order valence-electron chi connectivity index (χ3n) is 4.65. The summed E-state index contributed by atoms with van der Waals surface area (Å²) in [6.07, 6.45) is 1.35. The van der Waals surface area contributed by atoms with Crippen molar-refractivity contribution in [3.05, 3.63) is 41.8 Å². The van der Waals surface area contributed by atoms with Gasteiger partial charge < -0.3 is 14.8 Å². The highest BCUT2D eigenvalue weighted by Gasteiger charge is 2.33. The zero-order chi connectivity index (χ0) is 20.7. The minimum absolute atomic E-state index is 0.133. The summed E-state index contributed by atoms with van der Waals surface area (Å²) in [4.78, 5) is 12.5. The summed E-state index contributed by atoms with van der Waals surface area (Å²) in [6.45, 7) is 3.90. The van der Waals surface area contributed by atoms with Gasteiger partial charge in [0.25, 0.3) is 10.0 Å². The molecule has 0 spiro atoms. The first-order chi connectivity index (χ1) is 14.0. The molecular formula is C20H26N2O5S2. The smallest absolute Gasteiger partial charge is 0.252 e. The highest BCUT2D eigenvalue weighted by atomic mass is 32.2. The largest absolute Gasteiger partial charge is 0.494 e. The van der Waals surface area contributed by atoms with E-state index in [1.807, 2.05) is 31.2 Å². The third-order valence-corrected chi connectivity index (χ3v) is 7.89. The molecule has 29 heavy (non-hydrogen) atoms. The normalized spacial score (nSPS) is 17.6. The number of piperidine rings is 1. The molecule has 1 aromatic heterocycles. The van der Waals surface area contributed by atoms with E-state index in [9.17, 15) is 13.2 Å². The van der Waals surface area contributed by atoms with E-state index in [1.54, 1.807) is 17.5 Å². The summed E-state index contributed by atoms with van der Waals surface area (Å²) in [5.74, 6) is 1.01. The van der Waals surface area contributed by atoms with Crippen LogP contribution in [0.15, 0.2) is 46.0 Å². The van der Waals surface area contributed by atoms with Crippen molar-refractivity contribution in [3.8, 4) is 11.5 Å². The van der Waals surface area contributed by atoms with Gasteiger partial charge in [-0.2, -0.15) is 4.31 Å². The topological polar surface area (TPSA) is 84.9 Å². The number of amides is 1. The van der Waals surface area contributed by atoms with Crippen LogP contribution in [0.1, 0.15) is 19.8 Å². The summed E-state index contributed by atoms with van der Waals surface area (Å²) >= 11 is 1.20. The van der Waals surface area contributed by atoms with Crippen molar-refractivity contribution >= 4 is 27.3 Å². The van der Waals surface area contributed by atoms with Gasteiger partial charge in [0.2, 0.25) is 5.91 Å². The van der Waals surface area contributed by atoms with Crippen LogP contribution in [0, 0.1) is 5.92 Å². The molecule has 2 aromatic rings. The number of hydrogen-bond donors (Lipinski definition) is 1. The zero-order valence-corrected chi connectivity index (χ0v) is 18.0. The van der Waals surface area contributed by atoms with Crippen LogP contribution in [-0.4, -0.2) is 51.5 Å². The van der Waals surface area contributed by atoms with Crippen LogP contribution in [0.5, 0.6) is 11.5 Å². The van der Waals surface area contributed by atoms with Crippen LogP contribution in [0.25, 0.3) is 0 Å². The number of thiophene rings is 1. The van der Waals surface area contributed by atoms with Crippen molar-refractivity contribution in [2.24, 2.45) is 5.92 Å². The molecule has 3 rings (SSSR count). The van der Waals surface area contributed by atoms with Crippen LogP contribution in [0.4, 0.5) is 0 Å². The quantitative estimate of drug-likeness (QED) is 0.609. The molecule has 0 bridgehead atoms.